The molecule has 0 unspecified atom stereocenters. The Morgan fingerprint density at radius 2 is 1.93 bits per heavy atom. The summed E-state index contributed by atoms with van der Waals surface area (Å²) in [5.74, 6) is 0. The lowest BCUT2D eigenvalue weighted by molar-refractivity contribution is 0.709. The highest BCUT2D eigenvalue weighted by Gasteiger charge is 1.99. The summed E-state index contributed by atoms with van der Waals surface area (Å²) in [6, 6.07) is 6.39. The van der Waals surface area contributed by atoms with Crippen LogP contribution in [-0.2, 0) is 13.1 Å². The van der Waals surface area contributed by atoms with E-state index in [2.05, 4.69) is 60.8 Å². The molecule has 0 aliphatic carbocycles. The predicted octanol–water partition coefficient (Wildman–Crippen LogP) is 4.62. The van der Waals surface area contributed by atoms with E-state index in [4.69, 9.17) is 0 Å². The molecule has 0 aliphatic heterocycles. The third-order valence-corrected chi connectivity index (χ3v) is 5.17. The van der Waals surface area contributed by atoms with Gasteiger partial charge in [-0.25, -0.2) is 0 Å². The second kappa shape index (κ2) is 5.59. The Morgan fingerprint density at radius 3 is 2.53 bits per heavy atom. The smallest absolute Gasteiger partial charge is 0.0701 e. The average Bonchev–Trinajstić information content (AvgIpc) is 2.76. The lowest BCUT2D eigenvalue weighted by atomic mass is 10.4. The summed E-state index contributed by atoms with van der Waals surface area (Å²) in [4.78, 5) is 2.72. The number of nitrogens with one attached hydrogen (secondary N) is 1. The van der Waals surface area contributed by atoms with Gasteiger partial charge in [-0.1, -0.05) is 0 Å². The van der Waals surface area contributed by atoms with Crippen molar-refractivity contribution >= 4 is 54.5 Å². The van der Waals surface area contributed by atoms with E-state index in [0.29, 0.717) is 0 Å². The van der Waals surface area contributed by atoms with Crippen LogP contribution in [0.25, 0.3) is 0 Å². The first kappa shape index (κ1) is 11.8. The molecule has 2 heterocycles. The summed E-state index contributed by atoms with van der Waals surface area (Å²) >= 11 is 10.5. The minimum Gasteiger partial charge on any atom is -0.307 e. The fourth-order valence-corrected chi connectivity index (χ4v) is 4.08. The van der Waals surface area contributed by atoms with Crippen LogP contribution in [0.3, 0.4) is 0 Å². The predicted molar refractivity (Wildman–Crippen MR) is 74.6 cm³/mol. The molecule has 15 heavy (non-hydrogen) atoms. The number of halogens is 2. The lowest BCUT2D eigenvalue weighted by Gasteiger charge is -1.99. The number of rotatable bonds is 4. The molecule has 5 heteroatoms. The van der Waals surface area contributed by atoms with E-state index in [-0.39, 0.29) is 0 Å². The van der Waals surface area contributed by atoms with Crippen molar-refractivity contribution in [2.45, 2.75) is 13.1 Å². The minimum absolute atomic E-state index is 0.936. The molecule has 1 N–H and O–H groups in total. The van der Waals surface area contributed by atoms with Gasteiger partial charge in [0, 0.05) is 32.7 Å². The van der Waals surface area contributed by atoms with E-state index in [1.54, 1.807) is 22.7 Å². The van der Waals surface area contributed by atoms with Gasteiger partial charge in [0.1, 0.15) is 0 Å². The van der Waals surface area contributed by atoms with Crippen LogP contribution in [-0.4, -0.2) is 0 Å². The largest absolute Gasteiger partial charge is 0.307 e. The normalized spacial score (nSPS) is 10.8. The standard InChI is InChI=1S/C10H9Br2NS2/c11-7-3-9(14-6-7)5-13-4-8-1-2-10(12)15-8/h1-3,6,13H,4-5H2. The minimum atomic E-state index is 0.936. The number of hydrogen-bond acceptors (Lipinski definition) is 3. The van der Waals surface area contributed by atoms with E-state index in [0.717, 1.165) is 13.1 Å². The Morgan fingerprint density at radius 1 is 1.13 bits per heavy atom. The highest BCUT2D eigenvalue weighted by molar-refractivity contribution is 9.11. The Balaban J connectivity index is 1.80. The third kappa shape index (κ3) is 3.67. The van der Waals surface area contributed by atoms with Gasteiger partial charge in [0.25, 0.3) is 0 Å². The monoisotopic (exact) mass is 365 g/mol. The van der Waals surface area contributed by atoms with Gasteiger partial charge in [0.15, 0.2) is 0 Å². The maximum absolute atomic E-state index is 3.46. The van der Waals surface area contributed by atoms with Crippen LogP contribution in [0.4, 0.5) is 0 Å². The zero-order valence-electron chi connectivity index (χ0n) is 7.80. The average molecular weight is 367 g/mol. The molecule has 0 radical (unpaired) electrons. The van der Waals surface area contributed by atoms with Gasteiger partial charge in [-0.15, -0.1) is 22.7 Å². The number of hydrogen-bond donors (Lipinski definition) is 1. The molecular formula is C10H9Br2NS2. The summed E-state index contributed by atoms with van der Waals surface area (Å²) < 4.78 is 2.36. The van der Waals surface area contributed by atoms with E-state index in [9.17, 15) is 0 Å². The molecule has 0 amide bonds. The van der Waals surface area contributed by atoms with Crippen LogP contribution >= 0.6 is 54.5 Å². The van der Waals surface area contributed by atoms with Crippen molar-refractivity contribution in [1.29, 1.82) is 0 Å². The van der Waals surface area contributed by atoms with Gasteiger partial charge in [0.05, 0.1) is 3.79 Å². The zero-order chi connectivity index (χ0) is 10.7. The fraction of sp³-hybridized carbons (Fsp3) is 0.200. The van der Waals surface area contributed by atoms with Crippen molar-refractivity contribution in [1.82, 2.24) is 5.32 Å². The van der Waals surface area contributed by atoms with E-state index >= 15 is 0 Å². The van der Waals surface area contributed by atoms with Crippen LogP contribution in [0.5, 0.6) is 0 Å². The second-order valence-electron chi connectivity index (χ2n) is 3.04. The van der Waals surface area contributed by atoms with Gasteiger partial charge in [0.2, 0.25) is 0 Å². The second-order valence-corrected chi connectivity index (χ2v) is 7.50. The summed E-state index contributed by atoms with van der Waals surface area (Å²) in [7, 11) is 0. The number of thiophene rings is 2. The Bertz CT molecular complexity index is 396. The van der Waals surface area contributed by atoms with E-state index in [1.807, 2.05) is 0 Å². The highest BCUT2D eigenvalue weighted by atomic mass is 79.9. The maximum atomic E-state index is 3.46. The fourth-order valence-electron chi connectivity index (χ4n) is 1.20. The van der Waals surface area contributed by atoms with Gasteiger partial charge in [-0.05, 0) is 50.1 Å². The zero-order valence-corrected chi connectivity index (χ0v) is 12.6. The Kier molecular flexibility index (Phi) is 4.40. The van der Waals surface area contributed by atoms with Crippen LogP contribution < -0.4 is 5.32 Å². The van der Waals surface area contributed by atoms with Crippen molar-refractivity contribution in [3.63, 3.8) is 0 Å². The molecule has 0 aliphatic rings. The van der Waals surface area contributed by atoms with Crippen molar-refractivity contribution in [2.24, 2.45) is 0 Å². The van der Waals surface area contributed by atoms with Crippen LogP contribution in [0.1, 0.15) is 9.75 Å². The van der Waals surface area contributed by atoms with Crippen LogP contribution in [0, 0.1) is 0 Å². The van der Waals surface area contributed by atoms with Crippen molar-refractivity contribution in [3.05, 3.63) is 41.6 Å². The van der Waals surface area contributed by atoms with Crippen LogP contribution in [0.2, 0.25) is 0 Å². The van der Waals surface area contributed by atoms with Crippen molar-refractivity contribution in [3.8, 4) is 0 Å². The highest BCUT2D eigenvalue weighted by Crippen LogP contribution is 2.22. The van der Waals surface area contributed by atoms with Gasteiger partial charge < -0.3 is 5.32 Å². The molecule has 2 aromatic rings. The summed E-state index contributed by atoms with van der Waals surface area (Å²) in [5.41, 5.74) is 0. The molecule has 0 fully saturated rings. The Hall–Kier alpha value is 0.320. The SMILES string of the molecule is Brc1csc(CNCc2ccc(Br)s2)c1. The first-order chi connectivity index (χ1) is 7.24. The lowest BCUT2D eigenvalue weighted by Crippen LogP contribution is -2.10. The molecule has 0 saturated heterocycles. The molecule has 2 aromatic heterocycles. The molecule has 0 spiro atoms. The van der Waals surface area contributed by atoms with Crippen molar-refractivity contribution < 1.29 is 0 Å². The third-order valence-electron chi connectivity index (χ3n) is 1.85. The first-order valence-electron chi connectivity index (χ1n) is 4.42. The van der Waals surface area contributed by atoms with Crippen LogP contribution in [0.15, 0.2) is 31.8 Å². The first-order valence-corrected chi connectivity index (χ1v) is 7.70. The summed E-state index contributed by atoms with van der Waals surface area (Å²) in [6.45, 7) is 1.87. The maximum Gasteiger partial charge on any atom is 0.0701 e. The molecule has 0 saturated carbocycles. The quantitative estimate of drug-likeness (QED) is 0.832. The topological polar surface area (TPSA) is 12.0 Å². The molecule has 0 bridgehead atoms. The molecule has 0 aromatic carbocycles. The summed E-state index contributed by atoms with van der Waals surface area (Å²) in [6.07, 6.45) is 0. The summed E-state index contributed by atoms with van der Waals surface area (Å²) in [5, 5.41) is 5.53. The van der Waals surface area contributed by atoms with Crippen molar-refractivity contribution in [2.75, 3.05) is 0 Å². The molecular weight excluding hydrogens is 358 g/mol. The molecule has 1 nitrogen and oxygen atoms in total. The van der Waals surface area contributed by atoms with Gasteiger partial charge in [-0.2, -0.15) is 0 Å². The van der Waals surface area contributed by atoms with Gasteiger partial charge >= 0.3 is 0 Å². The van der Waals surface area contributed by atoms with Gasteiger partial charge in [-0.3, -0.25) is 0 Å². The van der Waals surface area contributed by atoms with E-state index in [1.165, 1.54) is 18.0 Å². The Labute approximate surface area is 114 Å². The molecule has 80 valence electrons. The molecule has 0 atom stereocenters. The molecule has 2 rings (SSSR count). The van der Waals surface area contributed by atoms with E-state index < -0.39 is 0 Å².